The number of nitrogens with zero attached hydrogens (tertiary/aromatic N) is 2. The predicted molar refractivity (Wildman–Crippen MR) is 159 cm³/mol. The number of carbonyl (C=O) groups excluding carboxylic acids is 2. The third-order valence-corrected chi connectivity index (χ3v) is 8.82. The number of carbonyl (C=O) groups is 2. The molecule has 3 aromatic rings. The second kappa shape index (κ2) is 14.1. The van der Waals surface area contributed by atoms with Crippen molar-refractivity contribution in [1.29, 1.82) is 0 Å². The number of halogens is 3. The number of sulfonamides is 1. The van der Waals surface area contributed by atoms with Crippen LogP contribution in [0.5, 0.6) is 5.75 Å². The van der Waals surface area contributed by atoms with Crippen molar-refractivity contribution in [1.82, 2.24) is 10.2 Å². The predicted octanol–water partition coefficient (Wildman–Crippen LogP) is 5.79. The lowest BCUT2D eigenvalue weighted by Crippen LogP contribution is -2.51. The largest absolute Gasteiger partial charge is 0.495 e. The molecule has 3 rings (SSSR count). The van der Waals surface area contributed by atoms with E-state index in [9.17, 15) is 18.0 Å². The van der Waals surface area contributed by atoms with Crippen molar-refractivity contribution < 1.29 is 22.7 Å². The molecule has 3 aromatic carbocycles. The van der Waals surface area contributed by atoms with Gasteiger partial charge in [-0.1, -0.05) is 66.0 Å². The van der Waals surface area contributed by atoms with Crippen LogP contribution in [0.2, 0.25) is 15.1 Å². The summed E-state index contributed by atoms with van der Waals surface area (Å²) in [5.41, 5.74) is 0.681. The van der Waals surface area contributed by atoms with E-state index < -0.39 is 28.5 Å². The SMILES string of the molecule is CCCNC(=O)[C@H](C)N(Cc1ccc(Cl)c(Cl)c1)C(=O)CN(c1cc(Cl)ccc1OC)S(=O)(=O)c1ccccc1. The van der Waals surface area contributed by atoms with Crippen LogP contribution in [0.25, 0.3) is 0 Å². The number of nitrogens with one attached hydrogen (secondary N) is 1. The van der Waals surface area contributed by atoms with E-state index in [1.165, 1.54) is 36.3 Å². The van der Waals surface area contributed by atoms with Gasteiger partial charge in [-0.25, -0.2) is 8.42 Å². The Balaban J connectivity index is 2.09. The Morgan fingerprint density at radius 1 is 0.975 bits per heavy atom. The molecule has 0 radical (unpaired) electrons. The molecule has 12 heteroatoms. The molecular formula is C28H30Cl3N3O5S. The minimum Gasteiger partial charge on any atom is -0.495 e. The first kappa shape index (κ1) is 31.5. The lowest BCUT2D eigenvalue weighted by Gasteiger charge is -2.32. The van der Waals surface area contributed by atoms with Crippen molar-refractivity contribution >= 4 is 62.3 Å². The van der Waals surface area contributed by atoms with Crippen molar-refractivity contribution in [2.24, 2.45) is 0 Å². The van der Waals surface area contributed by atoms with Gasteiger partial charge in [-0.2, -0.15) is 0 Å². The maximum absolute atomic E-state index is 14.0. The molecular weight excluding hydrogens is 597 g/mol. The Kier molecular flexibility index (Phi) is 11.1. The van der Waals surface area contributed by atoms with E-state index in [1.54, 1.807) is 49.4 Å². The minimum absolute atomic E-state index is 0.0255. The number of ether oxygens (including phenoxy) is 1. The van der Waals surface area contributed by atoms with Crippen molar-refractivity contribution in [3.63, 3.8) is 0 Å². The van der Waals surface area contributed by atoms with Crippen LogP contribution in [0.4, 0.5) is 5.69 Å². The highest BCUT2D eigenvalue weighted by molar-refractivity contribution is 7.92. The quantitative estimate of drug-likeness (QED) is 0.274. The fraction of sp³-hybridized carbons (Fsp3) is 0.286. The Hall–Kier alpha value is -2.98. The molecule has 0 spiro atoms. The first-order valence-corrected chi connectivity index (χ1v) is 15.0. The molecule has 0 aliphatic rings. The summed E-state index contributed by atoms with van der Waals surface area (Å²) in [4.78, 5) is 28.2. The summed E-state index contributed by atoms with van der Waals surface area (Å²) in [6, 6.07) is 16.1. The molecule has 2 amide bonds. The smallest absolute Gasteiger partial charge is 0.264 e. The van der Waals surface area contributed by atoms with Crippen LogP contribution in [0.3, 0.4) is 0 Å². The molecule has 0 heterocycles. The van der Waals surface area contributed by atoms with Crippen LogP contribution < -0.4 is 14.4 Å². The van der Waals surface area contributed by atoms with Gasteiger partial charge in [-0.05, 0) is 61.4 Å². The monoisotopic (exact) mass is 625 g/mol. The lowest BCUT2D eigenvalue weighted by atomic mass is 10.1. The molecule has 1 atom stereocenters. The third kappa shape index (κ3) is 7.60. The Labute approximate surface area is 249 Å². The molecule has 214 valence electrons. The van der Waals surface area contributed by atoms with Crippen LogP contribution in [0.15, 0.2) is 71.6 Å². The van der Waals surface area contributed by atoms with Gasteiger partial charge in [0.05, 0.1) is 27.7 Å². The molecule has 0 saturated carbocycles. The molecule has 0 aliphatic carbocycles. The van der Waals surface area contributed by atoms with Crippen molar-refractivity contribution in [2.45, 2.75) is 37.8 Å². The molecule has 1 N–H and O–H groups in total. The molecule has 0 aromatic heterocycles. The van der Waals surface area contributed by atoms with Gasteiger partial charge in [-0.15, -0.1) is 0 Å². The molecule has 8 nitrogen and oxygen atoms in total. The van der Waals surface area contributed by atoms with Crippen molar-refractivity contribution in [3.8, 4) is 5.75 Å². The number of amides is 2. The second-order valence-corrected chi connectivity index (χ2v) is 12.0. The number of methoxy groups -OCH3 is 1. The molecule has 0 aliphatic heterocycles. The Morgan fingerprint density at radius 2 is 1.68 bits per heavy atom. The Bertz CT molecular complexity index is 1450. The number of hydrogen-bond donors (Lipinski definition) is 1. The fourth-order valence-electron chi connectivity index (χ4n) is 3.90. The molecule has 0 bridgehead atoms. The topological polar surface area (TPSA) is 96.0 Å². The summed E-state index contributed by atoms with van der Waals surface area (Å²) in [5, 5.41) is 3.66. The maximum atomic E-state index is 14.0. The normalized spacial score (nSPS) is 11.9. The summed E-state index contributed by atoms with van der Waals surface area (Å²) < 4.78 is 34.2. The number of benzene rings is 3. The molecule has 0 fully saturated rings. The zero-order valence-corrected chi connectivity index (χ0v) is 25.3. The maximum Gasteiger partial charge on any atom is 0.264 e. The van der Waals surface area contributed by atoms with Crippen LogP contribution >= 0.6 is 34.8 Å². The summed E-state index contributed by atoms with van der Waals surface area (Å²) in [7, 11) is -2.88. The van der Waals surface area contributed by atoms with E-state index in [1.807, 2.05) is 6.92 Å². The van der Waals surface area contributed by atoms with E-state index in [2.05, 4.69) is 5.32 Å². The van der Waals surface area contributed by atoms with Crippen molar-refractivity contribution in [2.75, 3.05) is 24.5 Å². The van der Waals surface area contributed by atoms with Crippen LogP contribution in [0.1, 0.15) is 25.8 Å². The van der Waals surface area contributed by atoms with Gasteiger partial charge in [0.2, 0.25) is 11.8 Å². The highest BCUT2D eigenvalue weighted by Crippen LogP contribution is 2.35. The second-order valence-electron chi connectivity index (χ2n) is 8.88. The highest BCUT2D eigenvalue weighted by Gasteiger charge is 2.34. The first-order valence-electron chi connectivity index (χ1n) is 12.4. The van der Waals surface area contributed by atoms with E-state index in [0.717, 1.165) is 4.31 Å². The summed E-state index contributed by atoms with van der Waals surface area (Å²) in [5.74, 6) is -0.818. The van der Waals surface area contributed by atoms with E-state index in [-0.39, 0.29) is 38.8 Å². The minimum atomic E-state index is -4.27. The van der Waals surface area contributed by atoms with Crippen LogP contribution in [-0.2, 0) is 26.2 Å². The van der Waals surface area contributed by atoms with Gasteiger partial charge < -0.3 is 15.0 Å². The van der Waals surface area contributed by atoms with Crippen LogP contribution in [0, 0.1) is 0 Å². The van der Waals surface area contributed by atoms with E-state index in [4.69, 9.17) is 39.5 Å². The molecule has 0 saturated heterocycles. The van der Waals surface area contributed by atoms with E-state index in [0.29, 0.717) is 23.6 Å². The summed E-state index contributed by atoms with van der Waals surface area (Å²) in [6.45, 7) is 3.25. The first-order chi connectivity index (χ1) is 19.0. The van der Waals surface area contributed by atoms with Gasteiger partial charge in [-0.3, -0.25) is 13.9 Å². The highest BCUT2D eigenvalue weighted by atomic mass is 35.5. The average Bonchev–Trinajstić information content (AvgIpc) is 2.95. The molecule has 40 heavy (non-hydrogen) atoms. The zero-order chi connectivity index (χ0) is 29.4. The van der Waals surface area contributed by atoms with Gasteiger partial charge in [0.25, 0.3) is 10.0 Å². The van der Waals surface area contributed by atoms with Gasteiger partial charge in [0.15, 0.2) is 0 Å². The number of hydrogen-bond acceptors (Lipinski definition) is 5. The van der Waals surface area contributed by atoms with Crippen molar-refractivity contribution in [3.05, 3.63) is 87.4 Å². The van der Waals surface area contributed by atoms with E-state index >= 15 is 0 Å². The molecule has 0 unspecified atom stereocenters. The van der Waals surface area contributed by atoms with Gasteiger partial charge in [0, 0.05) is 18.1 Å². The average molecular weight is 627 g/mol. The van der Waals surface area contributed by atoms with Gasteiger partial charge in [0.1, 0.15) is 18.3 Å². The number of rotatable bonds is 12. The summed E-state index contributed by atoms with van der Waals surface area (Å²) in [6.07, 6.45) is 0.705. The number of anilines is 1. The van der Waals surface area contributed by atoms with Gasteiger partial charge >= 0.3 is 0 Å². The Morgan fingerprint density at radius 3 is 2.30 bits per heavy atom. The zero-order valence-electron chi connectivity index (χ0n) is 22.2. The summed E-state index contributed by atoms with van der Waals surface area (Å²) >= 11 is 18.5. The third-order valence-electron chi connectivity index (χ3n) is 6.07. The standard InChI is InChI=1S/C28H30Cl3N3O5S/c1-4-14-32-28(36)19(2)33(17-20-10-12-23(30)24(31)15-20)27(35)18-34(25-16-21(29)11-13-26(25)39-3)40(37,38)22-8-6-5-7-9-22/h5-13,15-16,19H,4,14,17-18H2,1-3H3,(H,32,36)/t19-/m0/s1. The van der Waals surface area contributed by atoms with Crippen LogP contribution in [-0.4, -0.2) is 51.4 Å². The lowest BCUT2D eigenvalue weighted by molar-refractivity contribution is -0.139. The fourth-order valence-corrected chi connectivity index (χ4v) is 5.83.